The predicted molar refractivity (Wildman–Crippen MR) is 145 cm³/mol. The van der Waals surface area contributed by atoms with Crippen LogP contribution in [0.15, 0.2) is 78.0 Å². The number of aromatic amines is 2. The Morgan fingerprint density at radius 1 is 1.00 bits per heavy atom. The number of hydrogen-bond donors (Lipinski definition) is 3. The van der Waals surface area contributed by atoms with Gasteiger partial charge in [-0.1, -0.05) is 26.8 Å². The number of hydrogen-bond acceptors (Lipinski definition) is 5. The van der Waals surface area contributed by atoms with E-state index in [1.54, 1.807) is 31.1 Å². The van der Waals surface area contributed by atoms with Crippen LogP contribution in [-0.4, -0.2) is 31.1 Å². The summed E-state index contributed by atoms with van der Waals surface area (Å²) >= 11 is 0. The lowest BCUT2D eigenvalue weighted by atomic mass is 9.92. The van der Waals surface area contributed by atoms with Crippen LogP contribution in [0.25, 0.3) is 55.6 Å². The number of fused-ring (bicyclic) bond motifs is 2. The highest BCUT2D eigenvalue weighted by molar-refractivity contribution is 6.00. The number of aromatic nitrogens is 5. The molecule has 8 nitrogen and oxygen atoms in total. The molecule has 0 radical (unpaired) electrons. The highest BCUT2D eigenvalue weighted by Gasteiger charge is 2.17. The van der Waals surface area contributed by atoms with Gasteiger partial charge in [0.05, 0.1) is 35.6 Å². The van der Waals surface area contributed by atoms with E-state index in [0.717, 1.165) is 55.6 Å². The molecule has 0 aliphatic carbocycles. The first-order valence-corrected chi connectivity index (χ1v) is 12.1. The normalized spacial score (nSPS) is 11.9. The fourth-order valence-corrected chi connectivity index (χ4v) is 4.58. The molecule has 5 heterocycles. The van der Waals surface area contributed by atoms with Crippen LogP contribution in [0.3, 0.4) is 0 Å². The number of nitrogens with one attached hydrogen (secondary N) is 3. The van der Waals surface area contributed by atoms with Crippen molar-refractivity contribution in [2.45, 2.75) is 27.2 Å². The molecule has 37 heavy (non-hydrogen) atoms. The Morgan fingerprint density at radius 2 is 1.89 bits per heavy atom. The summed E-state index contributed by atoms with van der Waals surface area (Å²) in [5.74, 6) is -0.0266. The van der Waals surface area contributed by atoms with Gasteiger partial charge in [0.15, 0.2) is 0 Å². The molecule has 0 bridgehead atoms. The van der Waals surface area contributed by atoms with Gasteiger partial charge in [-0.25, -0.2) is 4.98 Å². The summed E-state index contributed by atoms with van der Waals surface area (Å²) in [6, 6.07) is 14.0. The van der Waals surface area contributed by atoms with Gasteiger partial charge in [0.25, 0.3) is 0 Å². The number of carbonyl (C=O) groups is 1. The highest BCUT2D eigenvalue weighted by Crippen LogP contribution is 2.35. The van der Waals surface area contributed by atoms with E-state index in [2.05, 4.69) is 42.6 Å². The molecule has 8 heteroatoms. The van der Waals surface area contributed by atoms with Gasteiger partial charge in [0, 0.05) is 40.7 Å². The van der Waals surface area contributed by atoms with E-state index in [-0.39, 0.29) is 11.3 Å². The van der Waals surface area contributed by atoms with Crippen LogP contribution < -0.4 is 5.32 Å². The third kappa shape index (κ3) is 4.49. The Balaban J connectivity index is 1.36. The number of amides is 1. The second-order valence-electron chi connectivity index (χ2n) is 10.4. The molecule has 0 atom stereocenters. The van der Waals surface area contributed by atoms with Crippen LogP contribution in [0.2, 0.25) is 0 Å². The average molecular weight is 491 g/mol. The van der Waals surface area contributed by atoms with Crippen molar-refractivity contribution in [1.29, 1.82) is 0 Å². The molecule has 0 saturated carbocycles. The largest absolute Gasteiger partial charge is 0.472 e. The average Bonchev–Trinajstić information content (AvgIpc) is 3.61. The minimum atomic E-state index is -0.0880. The van der Waals surface area contributed by atoms with Gasteiger partial charge in [-0.2, -0.15) is 5.10 Å². The second-order valence-corrected chi connectivity index (χ2v) is 10.4. The lowest BCUT2D eigenvalue weighted by Gasteiger charge is -2.17. The maximum absolute atomic E-state index is 12.4. The maximum atomic E-state index is 12.4. The van der Waals surface area contributed by atoms with E-state index in [0.29, 0.717) is 12.1 Å². The Bertz CT molecular complexity index is 1740. The molecule has 1 aromatic carbocycles. The monoisotopic (exact) mass is 490 g/mol. The van der Waals surface area contributed by atoms with Gasteiger partial charge in [0.2, 0.25) is 5.91 Å². The summed E-state index contributed by atoms with van der Waals surface area (Å²) in [6.45, 7) is 6.13. The fraction of sp³-hybridized carbons (Fsp3) is 0.172. The smallest absolute Gasteiger partial charge is 0.224 e. The molecule has 0 aliphatic rings. The van der Waals surface area contributed by atoms with Crippen LogP contribution in [0, 0.1) is 5.41 Å². The first kappa shape index (κ1) is 22.7. The quantitative estimate of drug-likeness (QED) is 0.246. The number of nitrogens with zero attached hydrogens (tertiary/aromatic N) is 3. The van der Waals surface area contributed by atoms with E-state index in [1.165, 1.54) is 0 Å². The Kier molecular flexibility index (Phi) is 5.37. The van der Waals surface area contributed by atoms with Crippen LogP contribution in [0.5, 0.6) is 0 Å². The van der Waals surface area contributed by atoms with Gasteiger partial charge in [0.1, 0.15) is 11.3 Å². The van der Waals surface area contributed by atoms with Crippen molar-refractivity contribution >= 4 is 33.5 Å². The lowest BCUT2D eigenvalue weighted by molar-refractivity contribution is -0.117. The molecule has 0 aliphatic heterocycles. The molecule has 5 aromatic heterocycles. The van der Waals surface area contributed by atoms with Crippen molar-refractivity contribution in [2.24, 2.45) is 5.41 Å². The molecular formula is C29H26N6O2. The van der Waals surface area contributed by atoms with E-state index < -0.39 is 0 Å². The van der Waals surface area contributed by atoms with E-state index >= 15 is 0 Å². The van der Waals surface area contributed by atoms with Gasteiger partial charge in [-0.15, -0.1) is 0 Å². The standard InChI is InChI=1S/C29H26N6O2/c1-29(2,3)13-26(36)32-20-10-19(14-30-15-20)17-4-5-24-23(11-17)27(35-34-24)25-12-22-21(18-7-9-37-16-18)6-8-31-28(22)33-25/h4-12,14-16H,13H2,1-3H3,(H,31,33)(H,32,36)(H,34,35). The zero-order valence-corrected chi connectivity index (χ0v) is 20.8. The summed E-state index contributed by atoms with van der Waals surface area (Å²) in [5.41, 5.74) is 7.87. The lowest BCUT2D eigenvalue weighted by Crippen LogP contribution is -2.19. The first-order valence-electron chi connectivity index (χ1n) is 12.1. The number of rotatable bonds is 5. The first-order chi connectivity index (χ1) is 17.8. The van der Waals surface area contributed by atoms with Gasteiger partial charge in [-0.05, 0) is 52.9 Å². The van der Waals surface area contributed by atoms with Gasteiger partial charge in [-0.3, -0.25) is 14.9 Å². The van der Waals surface area contributed by atoms with Crippen molar-refractivity contribution in [3.63, 3.8) is 0 Å². The van der Waals surface area contributed by atoms with Crippen LogP contribution in [-0.2, 0) is 4.79 Å². The third-order valence-corrected chi connectivity index (χ3v) is 6.23. The Labute approximate surface area is 213 Å². The van der Waals surface area contributed by atoms with Gasteiger partial charge < -0.3 is 14.7 Å². The highest BCUT2D eigenvalue weighted by atomic mass is 16.3. The molecule has 0 fully saturated rings. The van der Waals surface area contributed by atoms with E-state index in [4.69, 9.17) is 4.42 Å². The molecule has 6 rings (SSSR count). The topological polar surface area (TPSA) is 112 Å². The number of pyridine rings is 2. The maximum Gasteiger partial charge on any atom is 0.224 e. The summed E-state index contributed by atoms with van der Waals surface area (Å²) in [5, 5.41) is 12.7. The van der Waals surface area contributed by atoms with Crippen molar-refractivity contribution in [3.05, 3.63) is 73.6 Å². The molecule has 0 spiro atoms. The molecule has 0 unspecified atom stereocenters. The number of anilines is 1. The van der Waals surface area contributed by atoms with E-state index in [9.17, 15) is 4.79 Å². The number of H-pyrrole nitrogens is 2. The molecular weight excluding hydrogens is 464 g/mol. The van der Waals surface area contributed by atoms with E-state index in [1.807, 2.05) is 51.1 Å². The molecule has 6 aromatic rings. The minimum absolute atomic E-state index is 0.0266. The number of carbonyl (C=O) groups excluding carboxylic acids is 1. The molecule has 0 saturated heterocycles. The minimum Gasteiger partial charge on any atom is -0.472 e. The second kappa shape index (κ2) is 8.74. The summed E-state index contributed by atoms with van der Waals surface area (Å²) in [6.07, 6.45) is 9.07. The number of benzene rings is 1. The number of furan rings is 1. The molecule has 184 valence electrons. The van der Waals surface area contributed by atoms with Crippen molar-refractivity contribution in [1.82, 2.24) is 25.1 Å². The van der Waals surface area contributed by atoms with Crippen molar-refractivity contribution in [2.75, 3.05) is 5.32 Å². The van der Waals surface area contributed by atoms with Crippen molar-refractivity contribution < 1.29 is 9.21 Å². The summed E-state index contributed by atoms with van der Waals surface area (Å²) < 4.78 is 5.28. The third-order valence-electron chi connectivity index (χ3n) is 6.23. The van der Waals surface area contributed by atoms with Crippen LogP contribution >= 0.6 is 0 Å². The Hall–Kier alpha value is -4.72. The predicted octanol–water partition coefficient (Wildman–Crippen LogP) is 6.80. The van der Waals surface area contributed by atoms with Gasteiger partial charge >= 0.3 is 0 Å². The molecule has 1 amide bonds. The molecule has 3 N–H and O–H groups in total. The van der Waals surface area contributed by atoms with Crippen LogP contribution in [0.1, 0.15) is 27.2 Å². The Morgan fingerprint density at radius 3 is 2.70 bits per heavy atom. The van der Waals surface area contributed by atoms with Crippen molar-refractivity contribution in [3.8, 4) is 33.6 Å². The zero-order chi connectivity index (χ0) is 25.6. The summed E-state index contributed by atoms with van der Waals surface area (Å²) in [7, 11) is 0. The summed E-state index contributed by atoms with van der Waals surface area (Å²) in [4.78, 5) is 24.7. The fourth-order valence-electron chi connectivity index (χ4n) is 4.58. The zero-order valence-electron chi connectivity index (χ0n) is 20.8. The SMILES string of the molecule is CC(C)(C)CC(=O)Nc1cncc(-c2ccc3[nH]nc(-c4cc5c(-c6ccoc6)ccnc5[nH]4)c3c2)c1. The van der Waals surface area contributed by atoms with Crippen LogP contribution in [0.4, 0.5) is 5.69 Å².